The highest BCUT2D eigenvalue weighted by Gasteiger charge is 2.23. The Bertz CT molecular complexity index is 884. The van der Waals surface area contributed by atoms with Gasteiger partial charge in [0.05, 0.1) is 32.4 Å². The number of methoxy groups -OCH3 is 1. The first-order chi connectivity index (χ1) is 14.1. The number of amides is 1. The molecule has 1 aromatic heterocycles. The number of halogens is 1. The number of hydrogen-bond acceptors (Lipinski definition) is 6. The van der Waals surface area contributed by atoms with Crippen LogP contribution in [0.2, 0.25) is 0 Å². The third-order valence-corrected chi connectivity index (χ3v) is 5.41. The van der Waals surface area contributed by atoms with Crippen molar-refractivity contribution in [3.05, 3.63) is 47.0 Å². The van der Waals surface area contributed by atoms with Crippen molar-refractivity contribution < 1.29 is 18.7 Å². The molecule has 1 fully saturated rings. The first kappa shape index (κ1) is 19.6. The second-order valence-electron chi connectivity index (χ2n) is 7.42. The smallest absolute Gasteiger partial charge is 0.225 e. The number of nitrogens with one attached hydrogen (secondary N) is 1. The van der Waals surface area contributed by atoms with Gasteiger partial charge in [-0.2, -0.15) is 0 Å². The molecule has 0 spiro atoms. The summed E-state index contributed by atoms with van der Waals surface area (Å²) in [5.41, 5.74) is 2.77. The van der Waals surface area contributed by atoms with Crippen molar-refractivity contribution in [1.82, 2.24) is 15.3 Å². The third-order valence-electron chi connectivity index (χ3n) is 5.41. The Labute approximate surface area is 169 Å². The third kappa shape index (κ3) is 4.64. The van der Waals surface area contributed by atoms with Crippen LogP contribution in [0.5, 0.6) is 5.75 Å². The van der Waals surface area contributed by atoms with Crippen LogP contribution in [-0.2, 0) is 29.0 Å². The first-order valence-corrected chi connectivity index (χ1v) is 9.91. The van der Waals surface area contributed by atoms with E-state index in [0.717, 1.165) is 49.6 Å². The summed E-state index contributed by atoms with van der Waals surface area (Å²) in [7, 11) is 1.42. The summed E-state index contributed by atoms with van der Waals surface area (Å²) in [6.07, 6.45) is 4.48. The fourth-order valence-corrected chi connectivity index (χ4v) is 3.78. The Hall–Kier alpha value is -2.74. The molecule has 0 atom stereocenters. The van der Waals surface area contributed by atoms with Crippen molar-refractivity contribution in [1.29, 1.82) is 0 Å². The molecule has 154 valence electrons. The van der Waals surface area contributed by atoms with Gasteiger partial charge in [-0.3, -0.25) is 4.79 Å². The van der Waals surface area contributed by atoms with Crippen LogP contribution in [0, 0.1) is 5.82 Å². The van der Waals surface area contributed by atoms with Crippen LogP contribution in [0.1, 0.15) is 29.7 Å². The van der Waals surface area contributed by atoms with E-state index in [9.17, 15) is 9.18 Å². The van der Waals surface area contributed by atoms with Gasteiger partial charge in [-0.1, -0.05) is 6.07 Å². The van der Waals surface area contributed by atoms with E-state index in [4.69, 9.17) is 14.5 Å². The second kappa shape index (κ2) is 8.73. The Balaban J connectivity index is 1.28. The number of anilines is 1. The topological polar surface area (TPSA) is 76.6 Å². The van der Waals surface area contributed by atoms with E-state index in [1.54, 1.807) is 12.1 Å². The van der Waals surface area contributed by atoms with E-state index in [0.29, 0.717) is 18.8 Å². The number of carbonyl (C=O) groups excluding carboxylic acids is 1. The predicted octanol–water partition coefficient (Wildman–Crippen LogP) is 2.02. The maximum absolute atomic E-state index is 13.8. The van der Waals surface area contributed by atoms with Crippen molar-refractivity contribution in [3.63, 3.8) is 0 Å². The standard InChI is InChI=1S/C21H25FN4O3/c1-28-19-3-2-14(10-17(19)22)11-20(27)24-16-4-7-26(8-5-16)21-23-12-15-13-29-9-6-18(15)25-21/h2-3,10,12,16H,4-9,11,13H2,1H3,(H,24,27). The van der Waals surface area contributed by atoms with E-state index < -0.39 is 5.82 Å². The monoisotopic (exact) mass is 400 g/mol. The highest BCUT2D eigenvalue weighted by molar-refractivity contribution is 5.79. The van der Waals surface area contributed by atoms with Gasteiger partial charge in [0.1, 0.15) is 0 Å². The number of nitrogens with zero attached hydrogens (tertiary/aromatic N) is 3. The molecular weight excluding hydrogens is 375 g/mol. The number of fused-ring (bicyclic) bond motifs is 1. The zero-order valence-corrected chi connectivity index (χ0v) is 16.5. The van der Waals surface area contributed by atoms with Crippen LogP contribution < -0.4 is 15.0 Å². The Morgan fingerprint density at radius 1 is 1.38 bits per heavy atom. The molecule has 1 aromatic carbocycles. The SMILES string of the molecule is COc1ccc(CC(=O)NC2CCN(c3ncc4c(n3)CCOC4)CC2)cc1F. The lowest BCUT2D eigenvalue weighted by Gasteiger charge is -2.33. The van der Waals surface area contributed by atoms with Gasteiger partial charge >= 0.3 is 0 Å². The molecule has 29 heavy (non-hydrogen) atoms. The minimum atomic E-state index is -0.456. The highest BCUT2D eigenvalue weighted by Crippen LogP contribution is 2.21. The van der Waals surface area contributed by atoms with Gasteiger partial charge in [0, 0.05) is 37.3 Å². The second-order valence-corrected chi connectivity index (χ2v) is 7.42. The number of hydrogen-bond donors (Lipinski definition) is 1. The van der Waals surface area contributed by atoms with Crippen LogP contribution in [0.4, 0.5) is 10.3 Å². The van der Waals surface area contributed by atoms with Gasteiger partial charge in [-0.25, -0.2) is 14.4 Å². The van der Waals surface area contributed by atoms with Gasteiger partial charge in [0.15, 0.2) is 11.6 Å². The average molecular weight is 400 g/mol. The molecule has 1 N–H and O–H groups in total. The summed E-state index contributed by atoms with van der Waals surface area (Å²) in [4.78, 5) is 23.7. The fraction of sp³-hybridized carbons (Fsp3) is 0.476. The van der Waals surface area contributed by atoms with E-state index in [2.05, 4.69) is 15.2 Å². The molecule has 8 heteroatoms. The van der Waals surface area contributed by atoms with Crippen molar-refractivity contribution >= 4 is 11.9 Å². The van der Waals surface area contributed by atoms with Crippen LogP contribution in [0.25, 0.3) is 0 Å². The van der Waals surface area contributed by atoms with E-state index in [-0.39, 0.29) is 24.1 Å². The molecule has 0 unspecified atom stereocenters. The number of rotatable bonds is 5. The van der Waals surface area contributed by atoms with Crippen LogP contribution >= 0.6 is 0 Å². The molecule has 0 radical (unpaired) electrons. The maximum Gasteiger partial charge on any atom is 0.225 e. The van der Waals surface area contributed by atoms with E-state index in [1.165, 1.54) is 13.2 Å². The number of carbonyl (C=O) groups is 1. The zero-order valence-electron chi connectivity index (χ0n) is 16.5. The molecule has 1 saturated heterocycles. The van der Waals surface area contributed by atoms with Gasteiger partial charge in [0.2, 0.25) is 11.9 Å². The van der Waals surface area contributed by atoms with Crippen LogP contribution in [0.3, 0.4) is 0 Å². The molecule has 0 bridgehead atoms. The lowest BCUT2D eigenvalue weighted by Crippen LogP contribution is -2.45. The van der Waals surface area contributed by atoms with Crippen molar-refractivity contribution in [3.8, 4) is 5.75 Å². The molecule has 0 aliphatic carbocycles. The molecule has 0 saturated carbocycles. The predicted molar refractivity (Wildman–Crippen MR) is 105 cm³/mol. The molecule has 1 amide bonds. The Morgan fingerprint density at radius 2 is 2.21 bits per heavy atom. The quantitative estimate of drug-likeness (QED) is 0.828. The Kier molecular flexibility index (Phi) is 5.89. The van der Waals surface area contributed by atoms with Gasteiger partial charge in [0.25, 0.3) is 0 Å². The average Bonchev–Trinajstić information content (AvgIpc) is 2.74. The zero-order chi connectivity index (χ0) is 20.2. The molecule has 7 nitrogen and oxygen atoms in total. The van der Waals surface area contributed by atoms with Crippen molar-refractivity contribution in [2.45, 2.75) is 38.3 Å². The molecule has 2 aliphatic rings. The summed E-state index contributed by atoms with van der Waals surface area (Å²) in [5.74, 6) is 0.378. The number of benzene rings is 1. The van der Waals surface area contributed by atoms with Gasteiger partial charge in [-0.05, 0) is 30.5 Å². The normalized spacial score (nSPS) is 17.0. The summed E-state index contributed by atoms with van der Waals surface area (Å²) >= 11 is 0. The van der Waals surface area contributed by atoms with Crippen molar-refractivity contribution in [2.24, 2.45) is 0 Å². The molecular formula is C21H25FN4O3. The van der Waals surface area contributed by atoms with E-state index >= 15 is 0 Å². The maximum atomic E-state index is 13.8. The summed E-state index contributed by atoms with van der Waals surface area (Å²) in [6.45, 7) is 2.87. The highest BCUT2D eigenvalue weighted by atomic mass is 19.1. The van der Waals surface area contributed by atoms with Crippen molar-refractivity contribution in [2.75, 3.05) is 31.7 Å². The molecule has 3 heterocycles. The first-order valence-electron chi connectivity index (χ1n) is 9.91. The molecule has 2 aliphatic heterocycles. The summed E-state index contributed by atoms with van der Waals surface area (Å²) in [6, 6.07) is 4.70. The molecule has 2 aromatic rings. The molecule has 4 rings (SSSR count). The van der Waals surface area contributed by atoms with Gasteiger partial charge < -0.3 is 19.7 Å². The lowest BCUT2D eigenvalue weighted by molar-refractivity contribution is -0.121. The van der Waals surface area contributed by atoms with Crippen LogP contribution in [-0.4, -0.2) is 48.7 Å². The fourth-order valence-electron chi connectivity index (χ4n) is 3.78. The van der Waals surface area contributed by atoms with Gasteiger partial charge in [-0.15, -0.1) is 0 Å². The minimum absolute atomic E-state index is 0.0990. The number of aromatic nitrogens is 2. The lowest BCUT2D eigenvalue weighted by atomic mass is 10.0. The summed E-state index contributed by atoms with van der Waals surface area (Å²) < 4.78 is 24.1. The number of piperidine rings is 1. The largest absolute Gasteiger partial charge is 0.494 e. The van der Waals surface area contributed by atoms with E-state index in [1.807, 2.05) is 6.20 Å². The number of ether oxygens (including phenoxy) is 2. The minimum Gasteiger partial charge on any atom is -0.494 e. The van der Waals surface area contributed by atoms with Crippen LogP contribution in [0.15, 0.2) is 24.4 Å². The summed E-state index contributed by atoms with van der Waals surface area (Å²) in [5, 5.41) is 3.06. The Morgan fingerprint density at radius 3 is 2.97 bits per heavy atom.